The van der Waals surface area contributed by atoms with Gasteiger partial charge in [-0.2, -0.15) is 5.10 Å². The van der Waals surface area contributed by atoms with Gasteiger partial charge in [-0.25, -0.2) is 4.99 Å². The predicted molar refractivity (Wildman–Crippen MR) is 102 cm³/mol. The summed E-state index contributed by atoms with van der Waals surface area (Å²) in [7, 11) is 1.93. The third-order valence-corrected chi connectivity index (χ3v) is 3.66. The van der Waals surface area contributed by atoms with E-state index in [9.17, 15) is 0 Å². The van der Waals surface area contributed by atoms with Crippen LogP contribution in [0.25, 0.3) is 0 Å². The van der Waals surface area contributed by atoms with Crippen molar-refractivity contribution in [1.82, 2.24) is 20.4 Å². The van der Waals surface area contributed by atoms with Crippen molar-refractivity contribution in [1.29, 1.82) is 0 Å². The highest BCUT2D eigenvalue weighted by Gasteiger charge is 2.05. The number of ether oxygens (including phenoxy) is 1. The lowest BCUT2D eigenvalue weighted by atomic mass is 10.2. The molecule has 2 aromatic rings. The van der Waals surface area contributed by atoms with Crippen LogP contribution in [-0.4, -0.2) is 28.9 Å². The Hall–Kier alpha value is -2.50. The number of rotatable bonds is 8. The van der Waals surface area contributed by atoms with E-state index in [2.05, 4.69) is 47.6 Å². The van der Waals surface area contributed by atoms with Gasteiger partial charge in [0.25, 0.3) is 0 Å². The number of nitrogens with one attached hydrogen (secondary N) is 2. The van der Waals surface area contributed by atoms with Crippen LogP contribution in [-0.2, 0) is 20.1 Å². The third-order valence-electron chi connectivity index (χ3n) is 3.66. The molecule has 136 valence electrons. The molecule has 25 heavy (non-hydrogen) atoms. The zero-order valence-electron chi connectivity index (χ0n) is 15.6. The zero-order chi connectivity index (χ0) is 18.1. The van der Waals surface area contributed by atoms with Gasteiger partial charge in [0.15, 0.2) is 5.96 Å². The average molecular weight is 343 g/mol. The van der Waals surface area contributed by atoms with Crippen molar-refractivity contribution in [3.05, 3.63) is 47.8 Å². The molecule has 0 aliphatic heterocycles. The summed E-state index contributed by atoms with van der Waals surface area (Å²) in [5, 5.41) is 10.8. The Bertz CT molecular complexity index is 678. The topological polar surface area (TPSA) is 63.5 Å². The molecular weight excluding hydrogens is 314 g/mol. The van der Waals surface area contributed by atoms with E-state index in [1.54, 1.807) is 6.20 Å². The molecule has 0 spiro atoms. The zero-order valence-corrected chi connectivity index (χ0v) is 15.6. The van der Waals surface area contributed by atoms with E-state index in [1.807, 2.05) is 36.0 Å². The number of nitrogens with zero attached hydrogens (tertiary/aromatic N) is 3. The Kier molecular flexibility index (Phi) is 7.32. The van der Waals surface area contributed by atoms with Crippen LogP contribution in [0.5, 0.6) is 5.75 Å². The molecule has 2 rings (SSSR count). The molecule has 0 amide bonds. The molecule has 1 heterocycles. The highest BCUT2D eigenvalue weighted by molar-refractivity contribution is 5.79. The summed E-state index contributed by atoms with van der Waals surface area (Å²) in [6.45, 7) is 9.10. The molecule has 0 saturated carbocycles. The largest absolute Gasteiger partial charge is 0.493 e. The van der Waals surface area contributed by atoms with Crippen LogP contribution in [0.2, 0.25) is 0 Å². The fourth-order valence-electron chi connectivity index (χ4n) is 2.29. The monoisotopic (exact) mass is 343 g/mol. The lowest BCUT2D eigenvalue weighted by Gasteiger charge is -2.14. The molecule has 0 atom stereocenters. The third kappa shape index (κ3) is 6.14. The maximum absolute atomic E-state index is 5.90. The Labute approximate surface area is 150 Å². The molecule has 1 aromatic heterocycles. The van der Waals surface area contributed by atoms with Gasteiger partial charge in [0.05, 0.1) is 25.4 Å². The van der Waals surface area contributed by atoms with Gasteiger partial charge in [-0.3, -0.25) is 4.68 Å². The van der Waals surface area contributed by atoms with Crippen molar-refractivity contribution < 1.29 is 4.74 Å². The number of benzene rings is 1. The minimum Gasteiger partial charge on any atom is -0.493 e. The van der Waals surface area contributed by atoms with E-state index >= 15 is 0 Å². The average Bonchev–Trinajstić information content (AvgIpc) is 3.01. The minimum absolute atomic E-state index is 0.495. The predicted octanol–water partition coefficient (Wildman–Crippen LogP) is 2.71. The highest BCUT2D eigenvalue weighted by atomic mass is 16.5. The molecule has 6 heteroatoms. The lowest BCUT2D eigenvalue weighted by Crippen LogP contribution is -2.37. The van der Waals surface area contributed by atoms with Crippen LogP contribution < -0.4 is 15.4 Å². The summed E-state index contributed by atoms with van der Waals surface area (Å²) in [5.41, 5.74) is 2.19. The van der Waals surface area contributed by atoms with E-state index < -0.39 is 0 Å². The first-order chi connectivity index (χ1) is 12.1. The summed E-state index contributed by atoms with van der Waals surface area (Å²) in [6, 6.07) is 10.1. The van der Waals surface area contributed by atoms with E-state index in [1.165, 1.54) is 0 Å². The van der Waals surface area contributed by atoms with Crippen molar-refractivity contribution in [2.45, 2.75) is 33.9 Å². The van der Waals surface area contributed by atoms with Gasteiger partial charge >= 0.3 is 0 Å². The van der Waals surface area contributed by atoms with E-state index in [0.29, 0.717) is 25.6 Å². The number of hydrogen-bond acceptors (Lipinski definition) is 3. The molecule has 2 N–H and O–H groups in total. The molecule has 0 aliphatic carbocycles. The van der Waals surface area contributed by atoms with Crippen molar-refractivity contribution >= 4 is 5.96 Å². The second kappa shape index (κ2) is 9.71. The fraction of sp³-hybridized carbons (Fsp3) is 0.474. The van der Waals surface area contributed by atoms with Crippen LogP contribution >= 0.6 is 0 Å². The normalized spacial score (nSPS) is 11.6. The second-order valence-corrected chi connectivity index (χ2v) is 6.31. The first kappa shape index (κ1) is 18.8. The SMILES string of the molecule is CCNC(=NCc1ccccc1OCC(C)C)NCc1ccnn1C. The van der Waals surface area contributed by atoms with Crippen LogP contribution in [0.15, 0.2) is 41.5 Å². The Morgan fingerprint density at radius 2 is 2.04 bits per heavy atom. The first-order valence-corrected chi connectivity index (χ1v) is 8.80. The molecular formula is C19H29N5O. The number of para-hydroxylation sites is 1. The van der Waals surface area contributed by atoms with Gasteiger partial charge in [0.1, 0.15) is 5.75 Å². The Morgan fingerprint density at radius 3 is 2.72 bits per heavy atom. The standard InChI is InChI=1S/C19H29N5O/c1-5-20-19(22-13-17-10-11-23-24(17)4)21-12-16-8-6-7-9-18(16)25-14-15(2)3/h6-11,15H,5,12-14H2,1-4H3,(H2,20,21,22). The number of guanidine groups is 1. The van der Waals surface area contributed by atoms with E-state index in [4.69, 9.17) is 4.74 Å². The van der Waals surface area contributed by atoms with Gasteiger partial charge in [0.2, 0.25) is 0 Å². The molecule has 0 fully saturated rings. The van der Waals surface area contributed by atoms with Crippen LogP contribution in [0.4, 0.5) is 0 Å². The number of aliphatic imine (C=N–C) groups is 1. The van der Waals surface area contributed by atoms with Gasteiger partial charge in [-0.05, 0) is 25.0 Å². The maximum atomic E-state index is 5.90. The Morgan fingerprint density at radius 1 is 1.24 bits per heavy atom. The lowest BCUT2D eigenvalue weighted by molar-refractivity contribution is 0.268. The van der Waals surface area contributed by atoms with Gasteiger partial charge in [-0.15, -0.1) is 0 Å². The number of aromatic nitrogens is 2. The fourth-order valence-corrected chi connectivity index (χ4v) is 2.29. The molecule has 0 saturated heterocycles. The van der Waals surface area contributed by atoms with Crippen molar-refractivity contribution in [2.24, 2.45) is 18.0 Å². The molecule has 0 radical (unpaired) electrons. The smallest absolute Gasteiger partial charge is 0.191 e. The highest BCUT2D eigenvalue weighted by Crippen LogP contribution is 2.19. The van der Waals surface area contributed by atoms with Crippen LogP contribution in [0.3, 0.4) is 0 Å². The van der Waals surface area contributed by atoms with Crippen molar-refractivity contribution in [2.75, 3.05) is 13.2 Å². The second-order valence-electron chi connectivity index (χ2n) is 6.31. The van der Waals surface area contributed by atoms with Gasteiger partial charge in [0, 0.05) is 25.4 Å². The number of aryl methyl sites for hydroxylation is 1. The quantitative estimate of drug-likeness (QED) is 0.571. The molecule has 6 nitrogen and oxygen atoms in total. The van der Waals surface area contributed by atoms with Crippen molar-refractivity contribution in [3.8, 4) is 5.75 Å². The molecule has 0 bridgehead atoms. The van der Waals surface area contributed by atoms with Crippen LogP contribution in [0.1, 0.15) is 32.0 Å². The summed E-state index contributed by atoms with van der Waals surface area (Å²) in [5.74, 6) is 2.18. The molecule has 1 aromatic carbocycles. The van der Waals surface area contributed by atoms with Crippen LogP contribution in [0, 0.1) is 5.92 Å². The summed E-state index contributed by atoms with van der Waals surface area (Å²) >= 11 is 0. The van der Waals surface area contributed by atoms with E-state index in [0.717, 1.165) is 29.5 Å². The number of hydrogen-bond donors (Lipinski definition) is 2. The summed E-state index contributed by atoms with van der Waals surface area (Å²) < 4.78 is 7.76. The maximum Gasteiger partial charge on any atom is 0.191 e. The first-order valence-electron chi connectivity index (χ1n) is 8.80. The van der Waals surface area contributed by atoms with Gasteiger partial charge < -0.3 is 15.4 Å². The van der Waals surface area contributed by atoms with Crippen molar-refractivity contribution in [3.63, 3.8) is 0 Å². The minimum atomic E-state index is 0.495. The summed E-state index contributed by atoms with van der Waals surface area (Å²) in [6.07, 6.45) is 1.80. The summed E-state index contributed by atoms with van der Waals surface area (Å²) in [4.78, 5) is 4.69. The van der Waals surface area contributed by atoms with E-state index in [-0.39, 0.29) is 0 Å². The van der Waals surface area contributed by atoms with Gasteiger partial charge in [-0.1, -0.05) is 32.0 Å². The molecule has 0 unspecified atom stereocenters. The Balaban J connectivity index is 2.01. The molecule has 0 aliphatic rings.